The van der Waals surface area contributed by atoms with Crippen LogP contribution in [-0.4, -0.2) is 30.4 Å². The molecule has 118 valence electrons. The van der Waals surface area contributed by atoms with Crippen LogP contribution >= 0.6 is 0 Å². The Morgan fingerprint density at radius 2 is 1.90 bits per heavy atom. The molecule has 1 aliphatic carbocycles. The lowest BCUT2D eigenvalue weighted by atomic mass is 9.91. The summed E-state index contributed by atoms with van der Waals surface area (Å²) in [5, 5.41) is 2.95. The van der Waals surface area contributed by atoms with E-state index in [0.29, 0.717) is 18.6 Å². The Kier molecular flexibility index (Phi) is 6.76. The van der Waals surface area contributed by atoms with Crippen molar-refractivity contribution < 1.29 is 14.4 Å². The van der Waals surface area contributed by atoms with Crippen molar-refractivity contribution in [3.8, 4) is 0 Å². The van der Waals surface area contributed by atoms with E-state index in [0.717, 1.165) is 25.7 Å². The number of hydrogen-bond donors (Lipinski definition) is 2. The highest BCUT2D eigenvalue weighted by atomic mass is 16.6. The molecule has 5 heteroatoms. The molecule has 0 bridgehead atoms. The van der Waals surface area contributed by atoms with E-state index in [9.17, 15) is 4.79 Å². The Morgan fingerprint density at radius 1 is 1.25 bits per heavy atom. The number of ether oxygens (including phenoxy) is 1. The number of hydrogen-bond acceptors (Lipinski definition) is 4. The van der Waals surface area contributed by atoms with Gasteiger partial charge in [-0.2, -0.15) is 5.48 Å². The van der Waals surface area contributed by atoms with Gasteiger partial charge in [0.2, 0.25) is 0 Å². The molecule has 0 aliphatic heterocycles. The minimum atomic E-state index is -0.448. The molecule has 2 N–H and O–H groups in total. The molecule has 0 aromatic heterocycles. The summed E-state index contributed by atoms with van der Waals surface area (Å²) < 4.78 is 5.29. The van der Waals surface area contributed by atoms with E-state index in [1.54, 1.807) is 0 Å². The highest BCUT2D eigenvalue weighted by molar-refractivity contribution is 5.68. The van der Waals surface area contributed by atoms with Gasteiger partial charge in [-0.1, -0.05) is 13.8 Å². The summed E-state index contributed by atoms with van der Waals surface area (Å²) in [5.41, 5.74) is 2.66. The fourth-order valence-electron chi connectivity index (χ4n) is 2.23. The van der Waals surface area contributed by atoms with Crippen molar-refractivity contribution in [3.05, 3.63) is 0 Å². The molecule has 1 fully saturated rings. The van der Waals surface area contributed by atoms with E-state index in [1.807, 2.05) is 20.8 Å². The summed E-state index contributed by atoms with van der Waals surface area (Å²) in [6.45, 7) is 10.6. The lowest BCUT2D eigenvalue weighted by molar-refractivity contribution is -0.0104. The molecule has 0 aromatic rings. The molecule has 0 radical (unpaired) electrons. The fraction of sp³-hybridized carbons (Fsp3) is 0.933. The zero-order valence-electron chi connectivity index (χ0n) is 13.5. The van der Waals surface area contributed by atoms with Crippen LogP contribution in [0.5, 0.6) is 0 Å². The van der Waals surface area contributed by atoms with Gasteiger partial charge < -0.3 is 14.9 Å². The summed E-state index contributed by atoms with van der Waals surface area (Å²) in [6, 6.07) is 0.473. The van der Waals surface area contributed by atoms with Crippen molar-refractivity contribution in [1.29, 1.82) is 0 Å². The van der Waals surface area contributed by atoms with Crippen molar-refractivity contribution in [1.82, 2.24) is 10.8 Å². The first-order valence-corrected chi connectivity index (χ1v) is 7.63. The van der Waals surface area contributed by atoms with Gasteiger partial charge in [0.1, 0.15) is 5.60 Å². The first-order chi connectivity index (χ1) is 9.26. The van der Waals surface area contributed by atoms with Gasteiger partial charge in [-0.25, -0.2) is 4.79 Å². The lowest BCUT2D eigenvalue weighted by Crippen LogP contribution is -2.45. The summed E-state index contributed by atoms with van der Waals surface area (Å²) >= 11 is 0. The van der Waals surface area contributed by atoms with Crippen LogP contribution in [0.25, 0.3) is 0 Å². The molecule has 5 nitrogen and oxygen atoms in total. The Hall–Kier alpha value is -0.810. The molecule has 2 unspecified atom stereocenters. The summed E-state index contributed by atoms with van der Waals surface area (Å²) in [5.74, 6) is 0.516. The van der Waals surface area contributed by atoms with Crippen LogP contribution in [0.1, 0.15) is 60.3 Å². The molecule has 1 amide bonds. The smallest absolute Gasteiger partial charge is 0.407 e. The van der Waals surface area contributed by atoms with E-state index in [4.69, 9.17) is 9.57 Å². The number of hydroxylamine groups is 1. The summed E-state index contributed by atoms with van der Waals surface area (Å²) in [6.07, 6.45) is 3.73. The van der Waals surface area contributed by atoms with Gasteiger partial charge in [0.15, 0.2) is 0 Å². The van der Waals surface area contributed by atoms with Crippen molar-refractivity contribution in [2.45, 2.75) is 78.0 Å². The largest absolute Gasteiger partial charge is 0.444 e. The van der Waals surface area contributed by atoms with Crippen molar-refractivity contribution in [3.63, 3.8) is 0 Å². The normalized spacial score (nSPS) is 23.7. The maximum absolute atomic E-state index is 11.8. The third-order valence-electron chi connectivity index (χ3n) is 3.06. The molecule has 2 atom stereocenters. The van der Waals surface area contributed by atoms with Gasteiger partial charge in [-0.05, 0) is 52.4 Å². The van der Waals surface area contributed by atoms with Crippen LogP contribution in [0.2, 0.25) is 0 Å². The predicted octanol–water partition coefficient (Wildman–Crippen LogP) is 3.00. The van der Waals surface area contributed by atoms with Gasteiger partial charge in [0.05, 0.1) is 6.61 Å². The molecule has 0 saturated heterocycles. The zero-order valence-corrected chi connectivity index (χ0v) is 13.5. The predicted molar refractivity (Wildman–Crippen MR) is 79.3 cm³/mol. The second-order valence-corrected chi connectivity index (χ2v) is 7.03. The van der Waals surface area contributed by atoms with E-state index in [-0.39, 0.29) is 12.1 Å². The first-order valence-electron chi connectivity index (χ1n) is 7.63. The highest BCUT2D eigenvalue weighted by Crippen LogP contribution is 2.19. The molecule has 1 rings (SSSR count). The van der Waals surface area contributed by atoms with E-state index >= 15 is 0 Å². The van der Waals surface area contributed by atoms with Gasteiger partial charge in [-0.15, -0.1) is 0 Å². The Morgan fingerprint density at radius 3 is 2.50 bits per heavy atom. The van der Waals surface area contributed by atoms with Crippen LogP contribution in [0, 0.1) is 5.92 Å². The van der Waals surface area contributed by atoms with Crippen molar-refractivity contribution in [2.75, 3.05) is 6.61 Å². The Balaban J connectivity index is 2.28. The lowest BCUT2D eigenvalue weighted by Gasteiger charge is -2.31. The molecule has 1 saturated carbocycles. The third-order valence-corrected chi connectivity index (χ3v) is 3.06. The maximum atomic E-state index is 11.8. The fourth-order valence-corrected chi connectivity index (χ4v) is 2.23. The summed E-state index contributed by atoms with van der Waals surface area (Å²) in [7, 11) is 0. The Labute approximate surface area is 122 Å². The topological polar surface area (TPSA) is 59.6 Å². The number of nitrogens with one attached hydrogen (secondary N) is 2. The van der Waals surface area contributed by atoms with Crippen LogP contribution in [0.15, 0.2) is 0 Å². The van der Waals surface area contributed by atoms with E-state index in [1.165, 1.54) is 0 Å². The molecule has 0 aromatic carbocycles. The first kappa shape index (κ1) is 17.2. The molecule has 20 heavy (non-hydrogen) atoms. The number of carbonyl (C=O) groups is 1. The van der Waals surface area contributed by atoms with Gasteiger partial charge in [-0.3, -0.25) is 0 Å². The number of alkyl carbamates (subject to hydrolysis) is 1. The second-order valence-electron chi connectivity index (χ2n) is 7.03. The molecular formula is C15H30N2O3. The third kappa shape index (κ3) is 7.70. The minimum absolute atomic E-state index is 0.166. The molecule has 0 heterocycles. The molecule has 0 spiro atoms. The van der Waals surface area contributed by atoms with Crippen LogP contribution in [-0.2, 0) is 9.57 Å². The van der Waals surface area contributed by atoms with Gasteiger partial charge in [0, 0.05) is 12.1 Å². The van der Waals surface area contributed by atoms with E-state index < -0.39 is 5.60 Å². The minimum Gasteiger partial charge on any atom is -0.444 e. The van der Waals surface area contributed by atoms with E-state index in [2.05, 4.69) is 24.6 Å². The zero-order chi connectivity index (χ0) is 15.2. The average Bonchev–Trinajstić information content (AvgIpc) is 2.26. The highest BCUT2D eigenvalue weighted by Gasteiger charge is 2.25. The SMILES string of the molecule is CC(C)CONC1CCCC(NC(=O)OC(C)(C)C)C1. The quantitative estimate of drug-likeness (QED) is 0.763. The average molecular weight is 286 g/mol. The Bertz CT molecular complexity index is 300. The van der Waals surface area contributed by atoms with Gasteiger partial charge in [0.25, 0.3) is 0 Å². The monoisotopic (exact) mass is 286 g/mol. The standard InChI is InChI=1S/C15H30N2O3/c1-11(2)10-19-17-13-8-6-7-12(9-13)16-14(18)20-15(3,4)5/h11-13,17H,6-10H2,1-5H3,(H,16,18). The van der Waals surface area contributed by atoms with Gasteiger partial charge >= 0.3 is 6.09 Å². The maximum Gasteiger partial charge on any atom is 0.407 e. The van der Waals surface area contributed by atoms with Crippen LogP contribution in [0.3, 0.4) is 0 Å². The molecule has 1 aliphatic rings. The summed E-state index contributed by atoms with van der Waals surface area (Å²) in [4.78, 5) is 17.2. The molecular weight excluding hydrogens is 256 g/mol. The van der Waals surface area contributed by atoms with Crippen molar-refractivity contribution in [2.24, 2.45) is 5.92 Å². The van der Waals surface area contributed by atoms with Crippen LogP contribution < -0.4 is 10.8 Å². The number of amides is 1. The number of carbonyl (C=O) groups excluding carboxylic acids is 1. The second kappa shape index (κ2) is 7.84. The number of rotatable bonds is 5. The van der Waals surface area contributed by atoms with Crippen molar-refractivity contribution >= 4 is 6.09 Å². The van der Waals surface area contributed by atoms with Crippen LogP contribution in [0.4, 0.5) is 4.79 Å².